The highest BCUT2D eigenvalue weighted by atomic mass is 16.2. The van der Waals surface area contributed by atoms with Gasteiger partial charge in [0.05, 0.1) is 0 Å². The molecular formula is C17H33N3O. The third kappa shape index (κ3) is 4.96. The Morgan fingerprint density at radius 1 is 1.05 bits per heavy atom. The van der Waals surface area contributed by atoms with Gasteiger partial charge in [-0.25, -0.2) is 0 Å². The van der Waals surface area contributed by atoms with Gasteiger partial charge in [-0.1, -0.05) is 6.92 Å². The standard InChI is InChI=1S/C17H33N3O/c1-4-17(21)20-9-6-16(7-10-20)5-8-18-11-13-19(14-12-18)15(2)3/h15-16H,4-14H2,1-3H3. The van der Waals surface area contributed by atoms with Gasteiger partial charge >= 0.3 is 0 Å². The number of nitrogens with zero attached hydrogens (tertiary/aromatic N) is 3. The highest BCUT2D eigenvalue weighted by Crippen LogP contribution is 2.21. The van der Waals surface area contributed by atoms with Gasteiger partial charge in [-0.3, -0.25) is 9.69 Å². The normalized spacial score (nSPS) is 23.0. The van der Waals surface area contributed by atoms with E-state index in [0.717, 1.165) is 19.0 Å². The molecule has 0 atom stereocenters. The lowest BCUT2D eigenvalue weighted by atomic mass is 9.93. The van der Waals surface area contributed by atoms with Crippen LogP contribution in [-0.2, 0) is 4.79 Å². The van der Waals surface area contributed by atoms with E-state index in [4.69, 9.17) is 0 Å². The summed E-state index contributed by atoms with van der Waals surface area (Å²) in [7, 11) is 0. The number of rotatable bonds is 5. The summed E-state index contributed by atoms with van der Waals surface area (Å²) in [6.07, 6.45) is 4.38. The minimum Gasteiger partial charge on any atom is -0.343 e. The maximum Gasteiger partial charge on any atom is 0.222 e. The van der Waals surface area contributed by atoms with Crippen molar-refractivity contribution in [1.82, 2.24) is 14.7 Å². The van der Waals surface area contributed by atoms with Crippen molar-refractivity contribution in [3.8, 4) is 0 Å². The zero-order valence-corrected chi connectivity index (χ0v) is 14.2. The van der Waals surface area contributed by atoms with Crippen LogP contribution in [0.2, 0.25) is 0 Å². The zero-order chi connectivity index (χ0) is 15.2. The van der Waals surface area contributed by atoms with E-state index in [1.165, 1.54) is 52.0 Å². The van der Waals surface area contributed by atoms with Crippen molar-refractivity contribution in [2.45, 2.75) is 52.5 Å². The summed E-state index contributed by atoms with van der Waals surface area (Å²) in [6, 6.07) is 0.688. The van der Waals surface area contributed by atoms with Crippen molar-refractivity contribution >= 4 is 5.91 Å². The summed E-state index contributed by atoms with van der Waals surface area (Å²) < 4.78 is 0. The van der Waals surface area contributed by atoms with Gasteiger partial charge in [-0.15, -0.1) is 0 Å². The summed E-state index contributed by atoms with van der Waals surface area (Å²) in [5.41, 5.74) is 0. The number of carbonyl (C=O) groups excluding carboxylic acids is 1. The van der Waals surface area contributed by atoms with Crippen molar-refractivity contribution < 1.29 is 4.79 Å². The van der Waals surface area contributed by atoms with Gasteiger partial charge in [-0.2, -0.15) is 0 Å². The van der Waals surface area contributed by atoms with Gasteiger partial charge in [0.2, 0.25) is 5.91 Å². The molecule has 0 aromatic carbocycles. The predicted molar refractivity (Wildman–Crippen MR) is 87.4 cm³/mol. The molecule has 2 fully saturated rings. The van der Waals surface area contributed by atoms with Crippen molar-refractivity contribution in [2.75, 3.05) is 45.8 Å². The lowest BCUT2D eigenvalue weighted by molar-refractivity contribution is -0.132. The third-order valence-electron chi connectivity index (χ3n) is 5.26. The molecule has 122 valence electrons. The zero-order valence-electron chi connectivity index (χ0n) is 14.2. The summed E-state index contributed by atoms with van der Waals surface area (Å²) >= 11 is 0. The maximum atomic E-state index is 11.7. The molecule has 0 aliphatic carbocycles. The summed E-state index contributed by atoms with van der Waals surface area (Å²) in [6.45, 7) is 14.7. The number of hydrogen-bond acceptors (Lipinski definition) is 3. The second-order valence-corrected chi connectivity index (χ2v) is 6.94. The number of piperazine rings is 1. The van der Waals surface area contributed by atoms with Crippen LogP contribution in [0.4, 0.5) is 0 Å². The minimum absolute atomic E-state index is 0.332. The van der Waals surface area contributed by atoms with Crippen LogP contribution in [0, 0.1) is 5.92 Å². The SMILES string of the molecule is CCC(=O)N1CCC(CCN2CCN(C(C)C)CC2)CC1. The molecule has 0 radical (unpaired) electrons. The van der Waals surface area contributed by atoms with E-state index in [9.17, 15) is 4.79 Å². The predicted octanol–water partition coefficient (Wildman–Crippen LogP) is 2.05. The average molecular weight is 295 g/mol. The lowest BCUT2D eigenvalue weighted by Crippen LogP contribution is -2.49. The smallest absolute Gasteiger partial charge is 0.222 e. The van der Waals surface area contributed by atoms with Crippen LogP contribution in [0.1, 0.15) is 46.5 Å². The molecule has 0 bridgehead atoms. The van der Waals surface area contributed by atoms with E-state index in [1.54, 1.807) is 0 Å². The number of hydrogen-bond donors (Lipinski definition) is 0. The number of carbonyl (C=O) groups is 1. The molecule has 0 unspecified atom stereocenters. The molecule has 0 aromatic rings. The van der Waals surface area contributed by atoms with Crippen LogP contribution in [0.15, 0.2) is 0 Å². The largest absolute Gasteiger partial charge is 0.343 e. The molecule has 2 aliphatic rings. The molecule has 2 aliphatic heterocycles. The Bertz CT molecular complexity index is 316. The quantitative estimate of drug-likeness (QED) is 0.777. The summed E-state index contributed by atoms with van der Waals surface area (Å²) in [5, 5.41) is 0. The van der Waals surface area contributed by atoms with Crippen LogP contribution in [0.25, 0.3) is 0 Å². The molecule has 0 spiro atoms. The van der Waals surface area contributed by atoms with Crippen LogP contribution in [0.3, 0.4) is 0 Å². The van der Waals surface area contributed by atoms with E-state index >= 15 is 0 Å². The Morgan fingerprint density at radius 2 is 1.67 bits per heavy atom. The average Bonchev–Trinajstić information content (AvgIpc) is 2.53. The summed E-state index contributed by atoms with van der Waals surface area (Å²) in [4.78, 5) is 18.9. The highest BCUT2D eigenvalue weighted by molar-refractivity contribution is 5.75. The third-order valence-corrected chi connectivity index (χ3v) is 5.26. The Labute approximate surface area is 130 Å². The van der Waals surface area contributed by atoms with Crippen molar-refractivity contribution in [2.24, 2.45) is 5.92 Å². The van der Waals surface area contributed by atoms with Crippen molar-refractivity contribution in [3.63, 3.8) is 0 Å². The molecular weight excluding hydrogens is 262 g/mol. The number of piperidine rings is 1. The van der Waals surface area contributed by atoms with Gasteiger partial charge in [-0.05, 0) is 45.6 Å². The van der Waals surface area contributed by atoms with E-state index in [0.29, 0.717) is 18.4 Å². The molecule has 4 nitrogen and oxygen atoms in total. The first-order valence-corrected chi connectivity index (χ1v) is 8.84. The summed E-state index contributed by atoms with van der Waals surface area (Å²) in [5.74, 6) is 1.16. The molecule has 0 saturated carbocycles. The highest BCUT2D eigenvalue weighted by Gasteiger charge is 2.23. The van der Waals surface area contributed by atoms with Crippen LogP contribution >= 0.6 is 0 Å². The van der Waals surface area contributed by atoms with Crippen molar-refractivity contribution in [1.29, 1.82) is 0 Å². The van der Waals surface area contributed by atoms with Gasteiger partial charge in [0.1, 0.15) is 0 Å². The Kier molecular flexibility index (Phi) is 6.49. The fraction of sp³-hybridized carbons (Fsp3) is 0.941. The Balaban J connectivity index is 1.61. The first-order valence-electron chi connectivity index (χ1n) is 8.84. The molecule has 2 saturated heterocycles. The maximum absolute atomic E-state index is 11.7. The van der Waals surface area contributed by atoms with Crippen LogP contribution < -0.4 is 0 Å². The fourth-order valence-electron chi connectivity index (χ4n) is 3.56. The van der Waals surface area contributed by atoms with E-state index in [-0.39, 0.29) is 0 Å². The molecule has 1 amide bonds. The molecule has 2 heterocycles. The van der Waals surface area contributed by atoms with E-state index in [2.05, 4.69) is 28.5 Å². The van der Waals surface area contributed by atoms with Gasteiger partial charge in [0, 0.05) is 51.7 Å². The first-order chi connectivity index (χ1) is 10.1. The number of likely N-dealkylation sites (tertiary alicyclic amines) is 1. The molecule has 4 heteroatoms. The van der Waals surface area contributed by atoms with E-state index < -0.39 is 0 Å². The fourth-order valence-corrected chi connectivity index (χ4v) is 3.56. The van der Waals surface area contributed by atoms with Gasteiger partial charge < -0.3 is 9.80 Å². The Morgan fingerprint density at radius 3 is 2.19 bits per heavy atom. The molecule has 0 N–H and O–H groups in total. The number of amides is 1. The first kappa shape index (κ1) is 16.8. The van der Waals surface area contributed by atoms with Gasteiger partial charge in [0.25, 0.3) is 0 Å². The topological polar surface area (TPSA) is 26.8 Å². The van der Waals surface area contributed by atoms with Crippen molar-refractivity contribution in [3.05, 3.63) is 0 Å². The molecule has 21 heavy (non-hydrogen) atoms. The Hall–Kier alpha value is -0.610. The molecule has 0 aromatic heterocycles. The minimum atomic E-state index is 0.332. The monoisotopic (exact) mass is 295 g/mol. The second-order valence-electron chi connectivity index (χ2n) is 6.94. The van der Waals surface area contributed by atoms with Crippen LogP contribution in [-0.4, -0.2) is 72.5 Å². The molecule has 2 rings (SSSR count). The van der Waals surface area contributed by atoms with Crippen LogP contribution in [0.5, 0.6) is 0 Å². The van der Waals surface area contributed by atoms with Gasteiger partial charge in [0.15, 0.2) is 0 Å². The lowest BCUT2D eigenvalue weighted by Gasteiger charge is -2.38. The second kappa shape index (κ2) is 8.14. The van der Waals surface area contributed by atoms with E-state index in [1.807, 2.05) is 6.92 Å².